The molecule has 0 spiro atoms. The van der Waals surface area contributed by atoms with Crippen LogP contribution in [-0.4, -0.2) is 0 Å². The fourth-order valence-electron chi connectivity index (χ4n) is 2.19. The van der Waals surface area contributed by atoms with E-state index in [-0.39, 0.29) is 0 Å². The van der Waals surface area contributed by atoms with Crippen LogP contribution in [0, 0.1) is 0 Å². The Morgan fingerprint density at radius 3 is 2.53 bits per heavy atom. The predicted octanol–water partition coefficient (Wildman–Crippen LogP) is 6.34. The summed E-state index contributed by atoms with van der Waals surface area (Å²) >= 11 is 9.18. The Bertz CT molecular complexity index is 703. The van der Waals surface area contributed by atoms with E-state index in [0.29, 0.717) is 4.83 Å². The van der Waals surface area contributed by atoms with Crippen LogP contribution in [0.1, 0.15) is 15.3 Å². The number of hydrogen-bond acceptors (Lipinski definition) is 1. The average molecular weight is 396 g/mol. The van der Waals surface area contributed by atoms with Crippen LogP contribution < -0.4 is 0 Å². The Kier molecular flexibility index (Phi) is 4.06. The van der Waals surface area contributed by atoms with Crippen molar-refractivity contribution in [2.24, 2.45) is 0 Å². The molecular formula is C16H12Br2S. The van der Waals surface area contributed by atoms with Crippen molar-refractivity contribution in [1.82, 2.24) is 0 Å². The summed E-state index contributed by atoms with van der Waals surface area (Å²) in [5.41, 5.74) is 1.36. The van der Waals surface area contributed by atoms with Crippen LogP contribution in [0.25, 0.3) is 10.8 Å². The third-order valence-corrected chi connectivity index (χ3v) is 6.23. The smallest absolute Gasteiger partial charge is 0.0540 e. The van der Waals surface area contributed by atoms with E-state index < -0.39 is 0 Å². The summed E-state index contributed by atoms with van der Waals surface area (Å²) in [6.45, 7) is 0. The third kappa shape index (κ3) is 2.93. The molecule has 0 aliphatic carbocycles. The molecule has 0 bridgehead atoms. The van der Waals surface area contributed by atoms with Crippen molar-refractivity contribution in [1.29, 1.82) is 0 Å². The number of benzene rings is 2. The minimum Gasteiger partial charge on any atom is -0.147 e. The molecule has 3 rings (SSSR count). The monoisotopic (exact) mass is 394 g/mol. The quantitative estimate of drug-likeness (QED) is 0.453. The molecule has 0 nitrogen and oxygen atoms in total. The number of thiophene rings is 1. The fourth-order valence-corrected chi connectivity index (χ4v) is 5.07. The molecular weight excluding hydrogens is 384 g/mol. The molecule has 19 heavy (non-hydrogen) atoms. The van der Waals surface area contributed by atoms with E-state index in [1.54, 1.807) is 11.3 Å². The van der Waals surface area contributed by atoms with Crippen molar-refractivity contribution in [3.05, 3.63) is 68.8 Å². The maximum Gasteiger partial charge on any atom is 0.0540 e. The first-order valence-electron chi connectivity index (χ1n) is 6.08. The van der Waals surface area contributed by atoms with E-state index in [4.69, 9.17) is 0 Å². The van der Waals surface area contributed by atoms with E-state index in [0.717, 1.165) is 6.42 Å². The highest BCUT2D eigenvalue weighted by Gasteiger charge is 2.13. The van der Waals surface area contributed by atoms with Crippen molar-refractivity contribution < 1.29 is 0 Å². The summed E-state index contributed by atoms with van der Waals surface area (Å²) in [5, 5.41) is 4.73. The standard InChI is InChI=1S/C16H12Br2S/c17-14-7-8-19-16(14)15(18)10-11-5-6-12-3-1-2-4-13(12)9-11/h1-9,15H,10H2. The van der Waals surface area contributed by atoms with E-state index >= 15 is 0 Å². The van der Waals surface area contributed by atoms with Gasteiger partial charge in [-0.2, -0.15) is 0 Å². The molecule has 0 saturated carbocycles. The molecule has 0 saturated heterocycles. The van der Waals surface area contributed by atoms with Gasteiger partial charge in [-0.3, -0.25) is 0 Å². The maximum absolute atomic E-state index is 3.80. The molecule has 96 valence electrons. The number of fused-ring (bicyclic) bond motifs is 1. The number of rotatable bonds is 3. The van der Waals surface area contributed by atoms with Crippen molar-refractivity contribution >= 4 is 54.0 Å². The summed E-state index contributed by atoms with van der Waals surface area (Å²) in [5.74, 6) is 0. The summed E-state index contributed by atoms with van der Waals surface area (Å²) in [6, 6.07) is 17.3. The van der Waals surface area contributed by atoms with Crippen molar-refractivity contribution in [2.45, 2.75) is 11.2 Å². The van der Waals surface area contributed by atoms with Gasteiger partial charge in [-0.15, -0.1) is 11.3 Å². The third-order valence-electron chi connectivity index (χ3n) is 3.16. The number of hydrogen-bond donors (Lipinski definition) is 0. The predicted molar refractivity (Wildman–Crippen MR) is 91.3 cm³/mol. The Balaban J connectivity index is 1.87. The molecule has 0 radical (unpaired) electrons. The Morgan fingerprint density at radius 2 is 1.79 bits per heavy atom. The van der Waals surface area contributed by atoms with Gasteiger partial charge in [-0.1, -0.05) is 58.4 Å². The molecule has 0 fully saturated rings. The highest BCUT2D eigenvalue weighted by molar-refractivity contribution is 9.11. The highest BCUT2D eigenvalue weighted by atomic mass is 79.9. The topological polar surface area (TPSA) is 0 Å². The van der Waals surface area contributed by atoms with Gasteiger partial charge in [0.1, 0.15) is 0 Å². The molecule has 0 N–H and O–H groups in total. The van der Waals surface area contributed by atoms with Gasteiger partial charge >= 0.3 is 0 Å². The minimum atomic E-state index is 0.364. The van der Waals surface area contributed by atoms with Crippen molar-refractivity contribution in [2.75, 3.05) is 0 Å². The Morgan fingerprint density at radius 1 is 1.00 bits per heavy atom. The van der Waals surface area contributed by atoms with Gasteiger partial charge in [-0.25, -0.2) is 0 Å². The first kappa shape index (κ1) is 13.3. The lowest BCUT2D eigenvalue weighted by Gasteiger charge is -2.09. The van der Waals surface area contributed by atoms with Crippen molar-refractivity contribution in [3.63, 3.8) is 0 Å². The second-order valence-corrected chi connectivity index (χ2v) is 7.39. The molecule has 3 aromatic rings. The van der Waals surface area contributed by atoms with Gasteiger partial charge in [-0.05, 0) is 50.1 Å². The Labute approximate surface area is 133 Å². The van der Waals surface area contributed by atoms with E-state index in [1.165, 1.54) is 25.7 Å². The minimum absolute atomic E-state index is 0.364. The normalized spacial score (nSPS) is 12.7. The first-order chi connectivity index (χ1) is 9.24. The molecule has 1 atom stereocenters. The van der Waals surface area contributed by atoms with Crippen molar-refractivity contribution in [3.8, 4) is 0 Å². The van der Waals surface area contributed by atoms with Crippen LogP contribution in [0.3, 0.4) is 0 Å². The van der Waals surface area contributed by atoms with Gasteiger partial charge in [0.15, 0.2) is 0 Å². The van der Waals surface area contributed by atoms with Gasteiger partial charge in [0.25, 0.3) is 0 Å². The summed E-state index contributed by atoms with van der Waals surface area (Å²) in [6.07, 6.45) is 1.00. The second kappa shape index (κ2) is 5.78. The van der Waals surface area contributed by atoms with Crippen LogP contribution in [-0.2, 0) is 6.42 Å². The summed E-state index contributed by atoms with van der Waals surface area (Å²) in [7, 11) is 0. The van der Waals surface area contributed by atoms with Gasteiger partial charge in [0.05, 0.1) is 4.83 Å². The SMILES string of the molecule is Brc1ccsc1C(Br)Cc1ccc2ccccc2c1. The van der Waals surface area contributed by atoms with Crippen LogP contribution in [0.5, 0.6) is 0 Å². The number of alkyl halides is 1. The summed E-state index contributed by atoms with van der Waals surface area (Å²) < 4.78 is 1.19. The summed E-state index contributed by atoms with van der Waals surface area (Å²) in [4.78, 5) is 1.72. The molecule has 2 aromatic carbocycles. The highest BCUT2D eigenvalue weighted by Crippen LogP contribution is 2.36. The fraction of sp³-hybridized carbons (Fsp3) is 0.125. The zero-order valence-corrected chi connectivity index (χ0v) is 14.1. The Hall–Kier alpha value is -0.640. The molecule has 0 aliphatic rings. The molecule has 3 heteroatoms. The largest absolute Gasteiger partial charge is 0.147 e. The lowest BCUT2D eigenvalue weighted by atomic mass is 10.0. The van der Waals surface area contributed by atoms with E-state index in [2.05, 4.69) is 85.8 Å². The molecule has 0 aliphatic heterocycles. The van der Waals surface area contributed by atoms with Gasteiger partial charge in [0.2, 0.25) is 0 Å². The average Bonchev–Trinajstić information content (AvgIpc) is 2.85. The first-order valence-corrected chi connectivity index (χ1v) is 8.67. The second-order valence-electron chi connectivity index (χ2n) is 4.49. The van der Waals surface area contributed by atoms with Crippen LogP contribution in [0.2, 0.25) is 0 Å². The lowest BCUT2D eigenvalue weighted by molar-refractivity contribution is 0.967. The molecule has 0 amide bonds. The van der Waals surface area contributed by atoms with E-state index in [1.807, 2.05) is 0 Å². The van der Waals surface area contributed by atoms with Gasteiger partial charge in [0, 0.05) is 9.35 Å². The van der Waals surface area contributed by atoms with Gasteiger partial charge < -0.3 is 0 Å². The lowest BCUT2D eigenvalue weighted by Crippen LogP contribution is -1.93. The van der Waals surface area contributed by atoms with Crippen LogP contribution in [0.15, 0.2) is 58.4 Å². The molecule has 1 aromatic heterocycles. The van der Waals surface area contributed by atoms with E-state index in [9.17, 15) is 0 Å². The van der Waals surface area contributed by atoms with Crippen LogP contribution >= 0.6 is 43.2 Å². The number of halogens is 2. The molecule has 1 unspecified atom stereocenters. The maximum atomic E-state index is 3.80. The zero-order valence-electron chi connectivity index (χ0n) is 10.1. The molecule has 1 heterocycles. The zero-order chi connectivity index (χ0) is 13.2. The van der Waals surface area contributed by atoms with Crippen LogP contribution in [0.4, 0.5) is 0 Å².